The summed E-state index contributed by atoms with van der Waals surface area (Å²) < 4.78 is 6.68. The van der Waals surface area contributed by atoms with E-state index in [9.17, 15) is 14.4 Å². The molecular formula is C23H25N3O4S2. The van der Waals surface area contributed by atoms with Crippen LogP contribution in [0.5, 0.6) is 0 Å². The molecule has 0 spiro atoms. The summed E-state index contributed by atoms with van der Waals surface area (Å²) in [7, 11) is 0. The van der Waals surface area contributed by atoms with Crippen LogP contribution in [0.1, 0.15) is 63.2 Å². The van der Waals surface area contributed by atoms with Crippen molar-refractivity contribution in [2.24, 2.45) is 0 Å². The number of ether oxygens (including phenoxy) is 1. The van der Waals surface area contributed by atoms with Crippen molar-refractivity contribution >= 4 is 49.8 Å². The summed E-state index contributed by atoms with van der Waals surface area (Å²) in [5.74, 6) is -0.218. The van der Waals surface area contributed by atoms with Gasteiger partial charge in [0.25, 0.3) is 5.56 Å². The Labute approximate surface area is 193 Å². The van der Waals surface area contributed by atoms with Crippen LogP contribution in [0, 0.1) is 6.92 Å². The number of esters is 1. The predicted octanol–water partition coefficient (Wildman–Crippen LogP) is 4.01. The Morgan fingerprint density at radius 3 is 2.59 bits per heavy atom. The second-order valence-corrected chi connectivity index (χ2v) is 10.5. The molecule has 9 heteroatoms. The highest BCUT2D eigenvalue weighted by Crippen LogP contribution is 2.39. The summed E-state index contributed by atoms with van der Waals surface area (Å²) in [4.78, 5) is 46.6. The monoisotopic (exact) mass is 471 g/mol. The van der Waals surface area contributed by atoms with Crippen molar-refractivity contribution in [2.75, 3.05) is 11.9 Å². The van der Waals surface area contributed by atoms with Crippen molar-refractivity contribution in [3.8, 4) is 0 Å². The summed E-state index contributed by atoms with van der Waals surface area (Å²) >= 11 is 3.05. The lowest BCUT2D eigenvalue weighted by Gasteiger charge is -2.12. The maximum absolute atomic E-state index is 13.3. The Kier molecular flexibility index (Phi) is 5.63. The van der Waals surface area contributed by atoms with Gasteiger partial charge in [0.05, 0.1) is 17.6 Å². The van der Waals surface area contributed by atoms with Gasteiger partial charge in [0.2, 0.25) is 5.91 Å². The third-order valence-corrected chi connectivity index (χ3v) is 8.61. The van der Waals surface area contributed by atoms with E-state index in [1.165, 1.54) is 20.8 Å². The van der Waals surface area contributed by atoms with Crippen molar-refractivity contribution < 1.29 is 14.3 Å². The predicted molar refractivity (Wildman–Crippen MR) is 126 cm³/mol. The van der Waals surface area contributed by atoms with Crippen LogP contribution in [-0.4, -0.2) is 28.0 Å². The van der Waals surface area contributed by atoms with Crippen molar-refractivity contribution in [2.45, 2.75) is 65.3 Å². The number of hydrogen-bond donors (Lipinski definition) is 1. The quantitative estimate of drug-likeness (QED) is 0.568. The zero-order valence-electron chi connectivity index (χ0n) is 18.2. The third-order valence-electron chi connectivity index (χ3n) is 6.22. The fourth-order valence-electron chi connectivity index (χ4n) is 4.75. The number of nitrogens with one attached hydrogen (secondary N) is 1. The van der Waals surface area contributed by atoms with Gasteiger partial charge >= 0.3 is 5.97 Å². The Bertz CT molecular complexity index is 1300. The Balaban J connectivity index is 1.45. The van der Waals surface area contributed by atoms with E-state index in [0.717, 1.165) is 65.8 Å². The second kappa shape index (κ2) is 8.44. The number of fused-ring (bicyclic) bond motifs is 4. The average molecular weight is 472 g/mol. The highest BCUT2D eigenvalue weighted by molar-refractivity contribution is 7.18. The van der Waals surface area contributed by atoms with Gasteiger partial charge in [-0.05, 0) is 69.9 Å². The lowest BCUT2D eigenvalue weighted by molar-refractivity contribution is -0.116. The number of aryl methyl sites for hydroxylation is 4. The zero-order chi connectivity index (χ0) is 22.4. The summed E-state index contributed by atoms with van der Waals surface area (Å²) in [6.07, 6.45) is 6.84. The average Bonchev–Trinajstić information content (AvgIpc) is 3.43. The van der Waals surface area contributed by atoms with Gasteiger partial charge in [-0.1, -0.05) is 0 Å². The molecule has 0 atom stereocenters. The maximum Gasteiger partial charge on any atom is 0.341 e. The van der Waals surface area contributed by atoms with Crippen molar-refractivity contribution in [1.29, 1.82) is 0 Å². The molecule has 2 aliphatic carbocycles. The molecular weight excluding hydrogens is 446 g/mol. The summed E-state index contributed by atoms with van der Waals surface area (Å²) in [5, 5.41) is 4.07. The molecule has 5 rings (SSSR count). The van der Waals surface area contributed by atoms with Crippen LogP contribution in [0.4, 0.5) is 5.00 Å². The molecule has 0 aromatic carbocycles. The zero-order valence-corrected chi connectivity index (χ0v) is 19.8. The minimum Gasteiger partial charge on any atom is -0.462 e. The smallest absolute Gasteiger partial charge is 0.341 e. The lowest BCUT2D eigenvalue weighted by atomic mass is 9.97. The number of aromatic nitrogens is 2. The van der Waals surface area contributed by atoms with Crippen LogP contribution in [-0.2, 0) is 41.8 Å². The van der Waals surface area contributed by atoms with E-state index in [2.05, 4.69) is 10.3 Å². The van der Waals surface area contributed by atoms with Gasteiger partial charge in [0.1, 0.15) is 22.2 Å². The van der Waals surface area contributed by atoms with Crippen LogP contribution in [0.25, 0.3) is 10.2 Å². The molecule has 0 unspecified atom stereocenters. The number of carbonyl (C=O) groups excluding carboxylic acids is 2. The van der Waals surface area contributed by atoms with Gasteiger partial charge in [-0.25, -0.2) is 9.78 Å². The molecule has 32 heavy (non-hydrogen) atoms. The Morgan fingerprint density at radius 1 is 1.06 bits per heavy atom. The van der Waals surface area contributed by atoms with Crippen LogP contribution in [0.3, 0.4) is 0 Å². The first-order valence-electron chi connectivity index (χ1n) is 11.1. The molecule has 1 amide bonds. The van der Waals surface area contributed by atoms with Crippen LogP contribution < -0.4 is 10.9 Å². The highest BCUT2D eigenvalue weighted by atomic mass is 32.1. The minimum absolute atomic E-state index is 0.136. The van der Waals surface area contributed by atoms with E-state index in [1.807, 2.05) is 0 Å². The normalized spacial score (nSPS) is 14.9. The standard InChI is InChI=1S/C23H25N3O4S2/c1-3-30-23(29)19-14-8-6-10-16(14)32-21(19)25-17(27)11-26-12(2)24-20-18(22(26)28)13-7-4-5-9-15(13)31-20/h3-11H2,1-2H3,(H,25,27). The number of carbonyl (C=O) groups is 2. The van der Waals surface area contributed by atoms with Gasteiger partial charge < -0.3 is 10.1 Å². The van der Waals surface area contributed by atoms with Gasteiger partial charge in [-0.15, -0.1) is 22.7 Å². The lowest BCUT2D eigenvalue weighted by Crippen LogP contribution is -2.30. The number of anilines is 1. The van der Waals surface area contributed by atoms with E-state index in [0.29, 0.717) is 21.8 Å². The third kappa shape index (κ3) is 3.57. The molecule has 168 valence electrons. The molecule has 2 aliphatic rings. The minimum atomic E-state index is -0.400. The van der Waals surface area contributed by atoms with Gasteiger partial charge in [-0.3, -0.25) is 14.2 Å². The SMILES string of the molecule is CCOC(=O)c1c(NC(=O)Cn2c(C)nc3sc4c(c3c2=O)CCCC4)sc2c1CCC2. The van der Waals surface area contributed by atoms with Crippen LogP contribution in [0.15, 0.2) is 4.79 Å². The molecule has 1 N–H and O–H groups in total. The van der Waals surface area contributed by atoms with E-state index < -0.39 is 5.97 Å². The fourth-order valence-corrected chi connectivity index (χ4v) is 7.34. The molecule has 7 nitrogen and oxygen atoms in total. The Morgan fingerprint density at radius 2 is 1.78 bits per heavy atom. The molecule has 0 saturated carbocycles. The van der Waals surface area contributed by atoms with Crippen LogP contribution in [0.2, 0.25) is 0 Å². The molecule has 0 saturated heterocycles. The van der Waals surface area contributed by atoms with Crippen LogP contribution >= 0.6 is 22.7 Å². The van der Waals surface area contributed by atoms with Crippen molar-refractivity contribution in [1.82, 2.24) is 9.55 Å². The number of nitrogens with zero attached hydrogens (tertiary/aromatic N) is 2. The first-order chi connectivity index (χ1) is 15.5. The summed E-state index contributed by atoms with van der Waals surface area (Å²) in [6, 6.07) is 0. The molecule has 0 bridgehead atoms. The summed E-state index contributed by atoms with van der Waals surface area (Å²) in [6.45, 7) is 3.67. The van der Waals surface area contributed by atoms with Crippen molar-refractivity contribution in [3.63, 3.8) is 0 Å². The molecule has 0 fully saturated rings. The van der Waals surface area contributed by atoms with Gasteiger partial charge in [-0.2, -0.15) is 0 Å². The van der Waals surface area contributed by atoms with Gasteiger partial charge in [0, 0.05) is 9.75 Å². The second-order valence-electron chi connectivity index (χ2n) is 8.27. The molecule has 3 heterocycles. The molecule has 3 aromatic rings. The van der Waals surface area contributed by atoms with Gasteiger partial charge in [0.15, 0.2) is 0 Å². The van der Waals surface area contributed by atoms with E-state index in [1.54, 1.807) is 25.2 Å². The van der Waals surface area contributed by atoms with E-state index in [-0.39, 0.29) is 24.6 Å². The molecule has 0 aliphatic heterocycles. The van der Waals surface area contributed by atoms with E-state index in [4.69, 9.17) is 4.74 Å². The first kappa shape index (κ1) is 21.3. The largest absolute Gasteiger partial charge is 0.462 e. The molecule has 0 radical (unpaired) electrons. The highest BCUT2D eigenvalue weighted by Gasteiger charge is 2.29. The Hall–Kier alpha value is -2.52. The fraction of sp³-hybridized carbons (Fsp3) is 0.478. The number of thiophene rings is 2. The molecule has 3 aromatic heterocycles. The van der Waals surface area contributed by atoms with E-state index >= 15 is 0 Å². The number of rotatable bonds is 5. The first-order valence-corrected chi connectivity index (χ1v) is 12.7. The summed E-state index contributed by atoms with van der Waals surface area (Å²) in [5.41, 5.74) is 2.43. The van der Waals surface area contributed by atoms with Crippen molar-refractivity contribution in [3.05, 3.63) is 42.6 Å². The number of amides is 1. The topological polar surface area (TPSA) is 90.3 Å². The number of hydrogen-bond acceptors (Lipinski definition) is 7. The maximum atomic E-state index is 13.3.